The van der Waals surface area contributed by atoms with Gasteiger partial charge in [0.05, 0.1) is 6.61 Å². The summed E-state index contributed by atoms with van der Waals surface area (Å²) in [5, 5.41) is 3.25. The molecule has 0 bridgehead atoms. The maximum Gasteiger partial charge on any atom is 0.165 e. The number of ether oxygens (including phenoxy) is 2. The van der Waals surface area contributed by atoms with Crippen LogP contribution in [-0.4, -0.2) is 20.3 Å². The monoisotopic (exact) mass is 353 g/mol. The van der Waals surface area contributed by atoms with Crippen LogP contribution in [0.2, 0.25) is 0 Å². The summed E-state index contributed by atoms with van der Waals surface area (Å²) in [7, 11) is 1.66. The van der Waals surface area contributed by atoms with Gasteiger partial charge in [0.1, 0.15) is 5.75 Å². The van der Waals surface area contributed by atoms with Crippen LogP contribution in [0.15, 0.2) is 46.9 Å². The summed E-state index contributed by atoms with van der Waals surface area (Å²) in [6, 6.07) is 12.2. The molecule has 2 rings (SSSR count). The summed E-state index contributed by atoms with van der Waals surface area (Å²) in [5.41, 5.74) is 0.966. The van der Waals surface area contributed by atoms with Crippen molar-refractivity contribution in [1.82, 2.24) is 5.32 Å². The molecule has 0 aliphatic heterocycles. The van der Waals surface area contributed by atoms with Crippen LogP contribution in [0.1, 0.15) is 5.56 Å². The first kappa shape index (κ1) is 15.9. The first-order chi connectivity index (χ1) is 10.2. The smallest absolute Gasteiger partial charge is 0.165 e. The summed E-state index contributed by atoms with van der Waals surface area (Å²) in [6.45, 7) is 2.02. The highest BCUT2D eigenvalue weighted by Crippen LogP contribution is 2.29. The van der Waals surface area contributed by atoms with E-state index in [1.165, 1.54) is 6.07 Å². The van der Waals surface area contributed by atoms with E-state index in [1.807, 2.05) is 24.3 Å². The first-order valence-electron chi connectivity index (χ1n) is 6.61. The number of hydrogen-bond donors (Lipinski definition) is 1. The highest BCUT2D eigenvalue weighted by molar-refractivity contribution is 9.10. The van der Waals surface area contributed by atoms with Crippen LogP contribution in [0.25, 0.3) is 0 Å². The van der Waals surface area contributed by atoms with E-state index in [4.69, 9.17) is 9.47 Å². The average Bonchev–Trinajstić information content (AvgIpc) is 2.49. The summed E-state index contributed by atoms with van der Waals surface area (Å²) in [5.74, 6) is 0.452. The molecule has 0 aromatic heterocycles. The van der Waals surface area contributed by atoms with Crippen LogP contribution in [0.3, 0.4) is 0 Å². The Morgan fingerprint density at radius 3 is 2.76 bits per heavy atom. The predicted octanol–water partition coefficient (Wildman–Crippen LogP) is 4.12. The number of para-hydroxylation sites is 1. The quantitative estimate of drug-likeness (QED) is 0.759. The highest BCUT2D eigenvalue weighted by atomic mass is 79.9. The molecule has 2 aromatic rings. The highest BCUT2D eigenvalue weighted by Gasteiger charge is 2.08. The van der Waals surface area contributed by atoms with Crippen molar-refractivity contribution in [2.24, 2.45) is 0 Å². The lowest BCUT2D eigenvalue weighted by atomic mass is 10.2. The molecule has 0 fully saturated rings. The van der Waals surface area contributed by atoms with Crippen molar-refractivity contribution in [2.75, 3.05) is 20.3 Å². The molecule has 0 radical (unpaired) electrons. The van der Waals surface area contributed by atoms with E-state index < -0.39 is 0 Å². The van der Waals surface area contributed by atoms with Crippen LogP contribution in [0.5, 0.6) is 11.5 Å². The van der Waals surface area contributed by atoms with Crippen molar-refractivity contribution in [3.05, 3.63) is 58.3 Å². The van der Waals surface area contributed by atoms with E-state index >= 15 is 0 Å². The number of nitrogens with one attached hydrogen (secondary N) is 1. The summed E-state index contributed by atoms with van der Waals surface area (Å²) in [6.07, 6.45) is 0. The van der Waals surface area contributed by atoms with Gasteiger partial charge in [-0.1, -0.05) is 34.1 Å². The van der Waals surface area contributed by atoms with E-state index in [1.54, 1.807) is 19.2 Å². The summed E-state index contributed by atoms with van der Waals surface area (Å²) < 4.78 is 25.2. The standard InChI is InChI=1S/C16H17BrFNO2/c1-20-9-8-19-11-12-4-2-3-5-15(12)21-16-10-13(17)6-7-14(16)18/h2-7,10,19H,8-9,11H2,1H3. The van der Waals surface area contributed by atoms with Crippen LogP contribution in [0.4, 0.5) is 4.39 Å². The number of benzene rings is 2. The fraction of sp³-hybridized carbons (Fsp3) is 0.250. The molecule has 0 aliphatic carbocycles. The molecule has 0 spiro atoms. The van der Waals surface area contributed by atoms with Crippen LogP contribution in [-0.2, 0) is 11.3 Å². The largest absolute Gasteiger partial charge is 0.454 e. The molecule has 0 saturated heterocycles. The molecule has 112 valence electrons. The van der Waals surface area contributed by atoms with Crippen molar-refractivity contribution in [1.29, 1.82) is 0 Å². The van der Waals surface area contributed by atoms with Crippen molar-refractivity contribution in [3.8, 4) is 11.5 Å². The lowest BCUT2D eigenvalue weighted by molar-refractivity contribution is 0.199. The summed E-state index contributed by atoms with van der Waals surface area (Å²) in [4.78, 5) is 0. The maximum absolute atomic E-state index is 13.8. The molecule has 1 N–H and O–H groups in total. The second-order valence-corrected chi connectivity index (χ2v) is 5.37. The molecule has 5 heteroatoms. The third-order valence-electron chi connectivity index (χ3n) is 2.88. The zero-order valence-electron chi connectivity index (χ0n) is 11.7. The zero-order chi connectivity index (χ0) is 15.1. The van der Waals surface area contributed by atoms with E-state index in [2.05, 4.69) is 21.2 Å². The second kappa shape index (κ2) is 8.12. The topological polar surface area (TPSA) is 30.5 Å². The van der Waals surface area contributed by atoms with E-state index in [9.17, 15) is 4.39 Å². The third kappa shape index (κ3) is 4.81. The molecule has 0 saturated carbocycles. The van der Waals surface area contributed by atoms with Crippen molar-refractivity contribution >= 4 is 15.9 Å². The van der Waals surface area contributed by atoms with Gasteiger partial charge in [0, 0.05) is 30.2 Å². The SMILES string of the molecule is COCCNCc1ccccc1Oc1cc(Br)ccc1F. The lowest BCUT2D eigenvalue weighted by Gasteiger charge is -2.12. The van der Waals surface area contributed by atoms with Crippen molar-refractivity contribution < 1.29 is 13.9 Å². The molecule has 0 amide bonds. The maximum atomic E-state index is 13.8. The number of hydrogen-bond acceptors (Lipinski definition) is 3. The Balaban J connectivity index is 2.10. The Morgan fingerprint density at radius 2 is 1.95 bits per heavy atom. The van der Waals surface area contributed by atoms with Crippen LogP contribution in [0, 0.1) is 5.82 Å². The Bertz CT molecular complexity index is 592. The Morgan fingerprint density at radius 1 is 1.14 bits per heavy atom. The van der Waals surface area contributed by atoms with Gasteiger partial charge in [0.2, 0.25) is 0 Å². The van der Waals surface area contributed by atoms with Gasteiger partial charge >= 0.3 is 0 Å². The normalized spacial score (nSPS) is 10.6. The molecule has 0 aliphatic rings. The first-order valence-corrected chi connectivity index (χ1v) is 7.40. The number of methoxy groups -OCH3 is 1. The molecule has 21 heavy (non-hydrogen) atoms. The third-order valence-corrected chi connectivity index (χ3v) is 3.38. The van der Waals surface area contributed by atoms with Crippen molar-refractivity contribution in [2.45, 2.75) is 6.54 Å². The Hall–Kier alpha value is -1.43. The van der Waals surface area contributed by atoms with Gasteiger partial charge in [-0.15, -0.1) is 0 Å². The van der Waals surface area contributed by atoms with Gasteiger partial charge < -0.3 is 14.8 Å². The van der Waals surface area contributed by atoms with E-state index in [-0.39, 0.29) is 11.6 Å². The average molecular weight is 354 g/mol. The van der Waals surface area contributed by atoms with Gasteiger partial charge in [-0.3, -0.25) is 0 Å². The molecule has 3 nitrogen and oxygen atoms in total. The summed E-state index contributed by atoms with van der Waals surface area (Å²) >= 11 is 3.31. The minimum absolute atomic E-state index is 0.203. The molecule has 0 atom stereocenters. The molecule has 0 heterocycles. The van der Waals surface area contributed by atoms with Crippen molar-refractivity contribution in [3.63, 3.8) is 0 Å². The lowest BCUT2D eigenvalue weighted by Crippen LogP contribution is -2.18. The molecular weight excluding hydrogens is 337 g/mol. The van der Waals surface area contributed by atoms with Gasteiger partial charge in [0.15, 0.2) is 11.6 Å². The molecule has 0 unspecified atom stereocenters. The zero-order valence-corrected chi connectivity index (χ0v) is 13.3. The fourth-order valence-corrected chi connectivity index (χ4v) is 2.16. The van der Waals surface area contributed by atoms with Gasteiger partial charge in [-0.2, -0.15) is 0 Å². The van der Waals surface area contributed by atoms with E-state index in [0.29, 0.717) is 18.9 Å². The molecule has 2 aromatic carbocycles. The molecular formula is C16H17BrFNO2. The number of halogens is 2. The van der Waals surface area contributed by atoms with Gasteiger partial charge in [-0.05, 0) is 24.3 Å². The Kier molecular flexibility index (Phi) is 6.17. The predicted molar refractivity (Wildman–Crippen MR) is 84.2 cm³/mol. The van der Waals surface area contributed by atoms with Gasteiger partial charge in [-0.25, -0.2) is 4.39 Å². The van der Waals surface area contributed by atoms with E-state index in [0.717, 1.165) is 16.6 Å². The minimum Gasteiger partial charge on any atom is -0.454 e. The minimum atomic E-state index is -0.389. The van der Waals surface area contributed by atoms with Crippen LogP contribution >= 0.6 is 15.9 Å². The second-order valence-electron chi connectivity index (χ2n) is 4.45. The number of rotatable bonds is 7. The fourth-order valence-electron chi connectivity index (χ4n) is 1.82. The Labute approximate surface area is 132 Å². The van der Waals surface area contributed by atoms with Gasteiger partial charge in [0.25, 0.3) is 0 Å². The van der Waals surface area contributed by atoms with Crippen LogP contribution < -0.4 is 10.1 Å².